The first-order chi connectivity index (χ1) is 24.2. The Labute approximate surface area is 309 Å². The highest BCUT2D eigenvalue weighted by atomic mass is 32.2. The van der Waals surface area contributed by atoms with E-state index >= 15 is 0 Å². The summed E-state index contributed by atoms with van der Waals surface area (Å²) >= 11 is 1.35. The Morgan fingerprint density at radius 2 is 1.24 bits per heavy atom. The molecule has 51 heavy (non-hydrogen) atoms. The van der Waals surface area contributed by atoms with Gasteiger partial charge in [-0.05, 0) is 73.3 Å². The molecule has 0 radical (unpaired) electrons. The molecular weight excluding hydrogens is 659 g/mol. The van der Waals surface area contributed by atoms with Crippen molar-refractivity contribution in [3.63, 3.8) is 0 Å². The van der Waals surface area contributed by atoms with Gasteiger partial charge in [0.2, 0.25) is 23.6 Å². The van der Waals surface area contributed by atoms with Crippen LogP contribution in [0.1, 0.15) is 77.0 Å². The van der Waals surface area contributed by atoms with Crippen LogP contribution in [0.4, 0.5) is 0 Å². The minimum atomic E-state index is -0.917. The van der Waals surface area contributed by atoms with Gasteiger partial charge in [0, 0.05) is 20.0 Å². The summed E-state index contributed by atoms with van der Waals surface area (Å²) in [6, 6.07) is 28.5. The molecule has 0 aliphatic carbocycles. The van der Waals surface area contributed by atoms with Gasteiger partial charge < -0.3 is 20.9 Å². The molecule has 3 rings (SSSR count). The van der Waals surface area contributed by atoms with E-state index in [1.165, 1.54) is 11.9 Å². The lowest BCUT2D eigenvalue weighted by Gasteiger charge is -2.42. The molecule has 0 saturated heterocycles. The molecule has 10 heteroatoms. The Morgan fingerprint density at radius 1 is 0.745 bits per heavy atom. The van der Waals surface area contributed by atoms with Crippen LogP contribution in [-0.4, -0.2) is 79.2 Å². The zero-order valence-electron chi connectivity index (χ0n) is 31.6. The number of rotatable bonds is 18. The molecular formula is C41H57N5O4S. The SMILES string of the molecule is CNC(=O)[C@@H](NC(=O)[C@H](CC(C)C)N(SC(c1ccccc1)(c1ccccc1)c1ccccc1)C(=O)CCCCNC(=O)CN(C)C)C(C)(C)C. The highest BCUT2D eigenvalue weighted by molar-refractivity contribution is 7.99. The number of likely N-dealkylation sites (N-methyl/N-ethyl adjacent to an activating group) is 2. The Bertz CT molecular complexity index is 1450. The maximum absolute atomic E-state index is 14.7. The molecule has 0 bridgehead atoms. The van der Waals surface area contributed by atoms with Gasteiger partial charge in [-0.3, -0.25) is 23.5 Å². The number of nitrogens with one attached hydrogen (secondary N) is 3. The van der Waals surface area contributed by atoms with E-state index in [1.807, 2.05) is 103 Å². The summed E-state index contributed by atoms with van der Waals surface area (Å²) in [5.74, 6) is -0.892. The lowest BCUT2D eigenvalue weighted by Crippen LogP contribution is -2.58. The normalized spacial score (nSPS) is 13.0. The van der Waals surface area contributed by atoms with Crippen molar-refractivity contribution in [1.82, 2.24) is 25.2 Å². The maximum Gasteiger partial charge on any atom is 0.244 e. The predicted molar refractivity (Wildman–Crippen MR) is 208 cm³/mol. The predicted octanol–water partition coefficient (Wildman–Crippen LogP) is 6.00. The average Bonchev–Trinajstić information content (AvgIpc) is 3.10. The van der Waals surface area contributed by atoms with Crippen molar-refractivity contribution in [2.75, 3.05) is 34.2 Å². The van der Waals surface area contributed by atoms with E-state index in [9.17, 15) is 19.2 Å². The standard InChI is InChI=1S/C41H57N5O4S/c1-30(2)28-34(38(49)44-37(39(50)42-6)40(3,4)5)46(36(48)26-18-19-27-43-35(47)29-45(7)8)51-41(31-20-12-9-13-21-31,32-22-14-10-15-23-32)33-24-16-11-17-25-33/h9-17,20-25,30,34,37H,18-19,26-29H2,1-8H3,(H,42,50)(H,43,47)(H,44,49)/t34-,37+/m0/s1. The Balaban J connectivity index is 2.17. The average molecular weight is 716 g/mol. The third kappa shape index (κ3) is 11.7. The maximum atomic E-state index is 14.7. The molecule has 0 aliphatic heterocycles. The molecule has 0 fully saturated rings. The Hall–Kier alpha value is -4.15. The molecule has 0 unspecified atom stereocenters. The molecule has 3 N–H and O–H groups in total. The van der Waals surface area contributed by atoms with Crippen LogP contribution in [0, 0.1) is 11.3 Å². The van der Waals surface area contributed by atoms with E-state index in [-0.39, 0.29) is 36.0 Å². The van der Waals surface area contributed by atoms with Crippen LogP contribution >= 0.6 is 11.9 Å². The molecule has 0 saturated carbocycles. The first kappa shape index (κ1) is 41.3. The van der Waals surface area contributed by atoms with Crippen molar-refractivity contribution in [2.45, 2.75) is 77.1 Å². The number of hydrogen-bond donors (Lipinski definition) is 3. The molecule has 3 aromatic carbocycles. The number of amides is 4. The Kier molecular flexibility index (Phi) is 15.7. The van der Waals surface area contributed by atoms with Gasteiger partial charge in [-0.2, -0.15) is 0 Å². The van der Waals surface area contributed by atoms with E-state index < -0.39 is 22.2 Å². The van der Waals surface area contributed by atoms with Gasteiger partial charge in [0.1, 0.15) is 16.8 Å². The quantitative estimate of drug-likeness (QED) is 0.0848. The minimum absolute atomic E-state index is 0.0521. The van der Waals surface area contributed by atoms with Crippen LogP contribution in [-0.2, 0) is 23.9 Å². The monoisotopic (exact) mass is 715 g/mol. The number of hydrogen-bond acceptors (Lipinski definition) is 6. The first-order valence-electron chi connectivity index (χ1n) is 17.8. The van der Waals surface area contributed by atoms with Gasteiger partial charge in [-0.25, -0.2) is 0 Å². The number of nitrogens with zero attached hydrogens (tertiary/aromatic N) is 2. The highest BCUT2D eigenvalue weighted by Gasteiger charge is 2.45. The highest BCUT2D eigenvalue weighted by Crippen LogP contribution is 2.51. The van der Waals surface area contributed by atoms with Gasteiger partial charge in [-0.15, -0.1) is 0 Å². The van der Waals surface area contributed by atoms with E-state index in [0.29, 0.717) is 32.4 Å². The number of carbonyl (C=O) groups excluding carboxylic acids is 4. The van der Waals surface area contributed by atoms with Crippen LogP contribution < -0.4 is 16.0 Å². The second kappa shape index (κ2) is 19.5. The van der Waals surface area contributed by atoms with E-state index in [2.05, 4.69) is 52.3 Å². The molecule has 0 aromatic heterocycles. The van der Waals surface area contributed by atoms with Crippen molar-refractivity contribution in [3.8, 4) is 0 Å². The lowest BCUT2D eigenvalue weighted by atomic mass is 9.84. The molecule has 3 aromatic rings. The minimum Gasteiger partial charge on any atom is -0.357 e. The van der Waals surface area contributed by atoms with Crippen molar-refractivity contribution in [1.29, 1.82) is 0 Å². The molecule has 2 atom stereocenters. The van der Waals surface area contributed by atoms with Crippen LogP contribution in [0.3, 0.4) is 0 Å². The van der Waals surface area contributed by atoms with Gasteiger partial charge >= 0.3 is 0 Å². The molecule has 0 heterocycles. The van der Waals surface area contributed by atoms with Crippen molar-refractivity contribution >= 4 is 35.6 Å². The smallest absolute Gasteiger partial charge is 0.244 e. The van der Waals surface area contributed by atoms with Gasteiger partial charge in [0.25, 0.3) is 0 Å². The first-order valence-corrected chi connectivity index (χ1v) is 18.6. The second-order valence-corrected chi connectivity index (χ2v) is 15.9. The van der Waals surface area contributed by atoms with Crippen LogP contribution in [0.15, 0.2) is 91.0 Å². The van der Waals surface area contributed by atoms with Gasteiger partial charge in [0.15, 0.2) is 0 Å². The summed E-state index contributed by atoms with van der Waals surface area (Å²) in [5.41, 5.74) is 2.28. The fourth-order valence-corrected chi connectivity index (χ4v) is 7.53. The van der Waals surface area contributed by atoms with E-state index in [0.717, 1.165) is 16.7 Å². The third-order valence-corrected chi connectivity index (χ3v) is 10.2. The van der Waals surface area contributed by atoms with Gasteiger partial charge in [0.05, 0.1) is 6.54 Å². The van der Waals surface area contributed by atoms with E-state index in [4.69, 9.17) is 0 Å². The topological polar surface area (TPSA) is 111 Å². The van der Waals surface area contributed by atoms with Crippen LogP contribution in [0.2, 0.25) is 0 Å². The van der Waals surface area contributed by atoms with Crippen molar-refractivity contribution < 1.29 is 19.2 Å². The summed E-state index contributed by atoms with van der Waals surface area (Å²) in [6.45, 7) is 10.5. The summed E-state index contributed by atoms with van der Waals surface area (Å²) in [7, 11) is 5.24. The zero-order chi connectivity index (χ0) is 37.6. The number of carbonyl (C=O) groups is 4. The number of unbranched alkanes of at least 4 members (excludes halogenated alkanes) is 1. The molecule has 4 amide bonds. The summed E-state index contributed by atoms with van der Waals surface area (Å²) in [4.78, 5) is 56.4. The van der Waals surface area contributed by atoms with Crippen LogP contribution in [0.5, 0.6) is 0 Å². The summed E-state index contributed by atoms with van der Waals surface area (Å²) in [6.07, 6.45) is 1.68. The third-order valence-electron chi connectivity index (χ3n) is 8.56. The summed E-state index contributed by atoms with van der Waals surface area (Å²) in [5, 5.41) is 8.67. The molecule has 0 spiro atoms. The van der Waals surface area contributed by atoms with Crippen molar-refractivity contribution in [2.24, 2.45) is 11.3 Å². The van der Waals surface area contributed by atoms with Crippen molar-refractivity contribution in [3.05, 3.63) is 108 Å². The summed E-state index contributed by atoms with van der Waals surface area (Å²) < 4.78 is 0.760. The van der Waals surface area contributed by atoms with E-state index in [1.54, 1.807) is 16.3 Å². The largest absolute Gasteiger partial charge is 0.357 e. The molecule has 9 nitrogen and oxygen atoms in total. The zero-order valence-corrected chi connectivity index (χ0v) is 32.4. The number of benzene rings is 3. The molecule has 0 aliphatic rings. The van der Waals surface area contributed by atoms with Crippen LogP contribution in [0.25, 0.3) is 0 Å². The van der Waals surface area contributed by atoms with Gasteiger partial charge in [-0.1, -0.05) is 126 Å². The second-order valence-electron chi connectivity index (χ2n) is 14.7. The Morgan fingerprint density at radius 3 is 1.65 bits per heavy atom. The lowest BCUT2D eigenvalue weighted by molar-refractivity contribution is -0.137. The fraction of sp³-hybridized carbons (Fsp3) is 0.463. The molecule has 276 valence electrons. The fourth-order valence-electron chi connectivity index (χ4n) is 6.01.